The molecule has 1 aromatic heterocycles. The lowest BCUT2D eigenvalue weighted by Gasteiger charge is -2.07. The van der Waals surface area contributed by atoms with Gasteiger partial charge in [-0.25, -0.2) is 4.98 Å². The van der Waals surface area contributed by atoms with Crippen molar-refractivity contribution in [2.75, 3.05) is 12.4 Å². The van der Waals surface area contributed by atoms with E-state index in [1.54, 1.807) is 13.2 Å². The zero-order valence-corrected chi connectivity index (χ0v) is 10.1. The Balaban J connectivity index is 3.08. The third-order valence-electron chi connectivity index (χ3n) is 1.57. The first-order valence-corrected chi connectivity index (χ1v) is 5.03. The number of hydrogen-bond acceptors (Lipinski definition) is 3. The van der Waals surface area contributed by atoms with Crippen LogP contribution in [0.4, 0.5) is 5.82 Å². The Morgan fingerprint density at radius 1 is 1.40 bits per heavy atom. The Hall–Kier alpha value is -1.27. The number of nitrogens with zero attached hydrogens (tertiary/aromatic N) is 2. The van der Waals surface area contributed by atoms with Gasteiger partial charge in [0.25, 0.3) is 0 Å². The Morgan fingerprint density at radius 2 is 2.07 bits per heavy atom. The van der Waals surface area contributed by atoms with Gasteiger partial charge in [0.15, 0.2) is 0 Å². The zero-order valence-electron chi connectivity index (χ0n) is 9.35. The van der Waals surface area contributed by atoms with Crippen LogP contribution in [0.5, 0.6) is 0 Å². The van der Waals surface area contributed by atoms with Crippen LogP contribution in [-0.4, -0.2) is 17.0 Å². The largest absolute Gasteiger partial charge is 0.372 e. The highest BCUT2D eigenvalue weighted by atomic mass is 35.5. The van der Waals surface area contributed by atoms with Crippen molar-refractivity contribution in [3.8, 4) is 11.8 Å². The van der Waals surface area contributed by atoms with Crippen LogP contribution in [0.1, 0.15) is 26.3 Å². The molecule has 0 bridgehead atoms. The fraction of sp³-hybridized carbons (Fsp3) is 0.455. The summed E-state index contributed by atoms with van der Waals surface area (Å²) < 4.78 is 0. The first kappa shape index (κ1) is 11.8. The average molecular weight is 224 g/mol. The molecule has 1 rings (SSSR count). The number of hydrogen-bond donors (Lipinski definition) is 1. The zero-order chi connectivity index (χ0) is 11.5. The second-order valence-electron chi connectivity index (χ2n) is 4.15. The molecule has 0 fully saturated rings. The van der Waals surface area contributed by atoms with Crippen molar-refractivity contribution >= 4 is 17.4 Å². The third-order valence-corrected chi connectivity index (χ3v) is 1.75. The van der Waals surface area contributed by atoms with Crippen molar-refractivity contribution in [1.29, 1.82) is 0 Å². The number of nitrogens with one attached hydrogen (secondary N) is 1. The van der Waals surface area contributed by atoms with Crippen LogP contribution in [0, 0.1) is 17.3 Å². The fourth-order valence-corrected chi connectivity index (χ4v) is 1.03. The highest BCUT2D eigenvalue weighted by molar-refractivity contribution is 6.28. The van der Waals surface area contributed by atoms with Gasteiger partial charge in [-0.05, 0) is 32.4 Å². The monoisotopic (exact) mass is 223 g/mol. The molecular weight excluding hydrogens is 210 g/mol. The molecule has 1 heterocycles. The summed E-state index contributed by atoms with van der Waals surface area (Å²) >= 11 is 5.68. The summed E-state index contributed by atoms with van der Waals surface area (Å²) in [6.07, 6.45) is 1.62. The smallest absolute Gasteiger partial charge is 0.224 e. The SMILES string of the molecule is CNc1nc(Cl)ncc1C#CC(C)(C)C. The van der Waals surface area contributed by atoms with Gasteiger partial charge in [0.2, 0.25) is 5.28 Å². The number of anilines is 1. The summed E-state index contributed by atoms with van der Waals surface area (Å²) in [5.41, 5.74) is 0.724. The molecule has 15 heavy (non-hydrogen) atoms. The van der Waals surface area contributed by atoms with Gasteiger partial charge in [-0.1, -0.05) is 11.8 Å². The standard InChI is InChI=1S/C11H14ClN3/c1-11(2,3)6-5-8-7-14-10(12)15-9(8)13-4/h7H,1-4H3,(H,13,14,15). The van der Waals surface area contributed by atoms with Gasteiger partial charge < -0.3 is 5.32 Å². The molecule has 0 aliphatic heterocycles. The summed E-state index contributed by atoms with van der Waals surface area (Å²) in [5.74, 6) is 6.81. The lowest BCUT2D eigenvalue weighted by Crippen LogP contribution is -2.01. The lowest BCUT2D eigenvalue weighted by atomic mass is 9.97. The van der Waals surface area contributed by atoms with Crippen LogP contribution in [0.2, 0.25) is 5.28 Å². The van der Waals surface area contributed by atoms with E-state index in [0.29, 0.717) is 5.82 Å². The molecule has 0 amide bonds. The van der Waals surface area contributed by atoms with Gasteiger partial charge in [-0.15, -0.1) is 0 Å². The lowest BCUT2D eigenvalue weighted by molar-refractivity contribution is 0.571. The fourth-order valence-electron chi connectivity index (χ4n) is 0.897. The van der Waals surface area contributed by atoms with Crippen molar-refractivity contribution in [3.05, 3.63) is 17.0 Å². The number of halogens is 1. The van der Waals surface area contributed by atoms with Gasteiger partial charge in [0.1, 0.15) is 5.82 Å². The highest BCUT2D eigenvalue weighted by Gasteiger charge is 2.05. The Bertz CT molecular complexity index is 410. The topological polar surface area (TPSA) is 37.8 Å². The number of aromatic nitrogens is 2. The quantitative estimate of drug-likeness (QED) is 0.588. The molecule has 80 valence electrons. The molecule has 0 aliphatic carbocycles. The molecule has 1 aromatic rings. The van der Waals surface area contributed by atoms with E-state index in [1.807, 2.05) is 0 Å². The summed E-state index contributed by atoms with van der Waals surface area (Å²) in [5, 5.41) is 3.16. The molecule has 3 nitrogen and oxygen atoms in total. The van der Waals surface area contributed by atoms with E-state index >= 15 is 0 Å². The van der Waals surface area contributed by atoms with Crippen molar-refractivity contribution in [1.82, 2.24) is 9.97 Å². The third kappa shape index (κ3) is 3.77. The minimum atomic E-state index is -0.0371. The van der Waals surface area contributed by atoms with E-state index in [-0.39, 0.29) is 10.7 Å². The molecular formula is C11H14ClN3. The molecule has 4 heteroatoms. The molecule has 0 atom stereocenters. The molecule has 0 spiro atoms. The van der Waals surface area contributed by atoms with Crippen molar-refractivity contribution in [2.45, 2.75) is 20.8 Å². The highest BCUT2D eigenvalue weighted by Crippen LogP contribution is 2.14. The van der Waals surface area contributed by atoms with Gasteiger partial charge in [0.05, 0.1) is 5.56 Å². The summed E-state index contributed by atoms with van der Waals surface area (Å²) in [6.45, 7) is 6.15. The molecule has 0 saturated heterocycles. The minimum absolute atomic E-state index is 0.0371. The van der Waals surface area contributed by atoms with Crippen LogP contribution in [-0.2, 0) is 0 Å². The van der Waals surface area contributed by atoms with Crippen LogP contribution in [0.15, 0.2) is 6.20 Å². The average Bonchev–Trinajstić information content (AvgIpc) is 2.14. The molecule has 0 radical (unpaired) electrons. The summed E-state index contributed by atoms with van der Waals surface area (Å²) in [7, 11) is 1.78. The minimum Gasteiger partial charge on any atom is -0.372 e. The maximum Gasteiger partial charge on any atom is 0.224 e. The van der Waals surface area contributed by atoms with Crippen LogP contribution >= 0.6 is 11.6 Å². The Labute approximate surface area is 95.3 Å². The van der Waals surface area contributed by atoms with Crippen LogP contribution in [0.3, 0.4) is 0 Å². The maximum absolute atomic E-state index is 5.68. The molecule has 0 aliphatic rings. The number of rotatable bonds is 1. The van der Waals surface area contributed by atoms with E-state index in [1.165, 1.54) is 0 Å². The van der Waals surface area contributed by atoms with Gasteiger partial charge in [0, 0.05) is 18.7 Å². The van der Waals surface area contributed by atoms with E-state index in [0.717, 1.165) is 5.56 Å². The van der Waals surface area contributed by atoms with Gasteiger partial charge in [-0.3, -0.25) is 0 Å². The van der Waals surface area contributed by atoms with Gasteiger partial charge >= 0.3 is 0 Å². The second-order valence-corrected chi connectivity index (χ2v) is 4.49. The van der Waals surface area contributed by atoms with E-state index in [9.17, 15) is 0 Å². The van der Waals surface area contributed by atoms with Crippen molar-refractivity contribution in [3.63, 3.8) is 0 Å². The maximum atomic E-state index is 5.68. The van der Waals surface area contributed by atoms with E-state index in [2.05, 4.69) is 47.9 Å². The molecule has 0 unspecified atom stereocenters. The van der Waals surface area contributed by atoms with E-state index in [4.69, 9.17) is 11.6 Å². The van der Waals surface area contributed by atoms with Crippen LogP contribution in [0.25, 0.3) is 0 Å². The molecule has 1 N–H and O–H groups in total. The van der Waals surface area contributed by atoms with Crippen molar-refractivity contribution in [2.24, 2.45) is 5.41 Å². The predicted octanol–water partition coefficient (Wildman–Crippen LogP) is 2.57. The first-order valence-electron chi connectivity index (χ1n) is 4.66. The Kier molecular flexibility index (Phi) is 3.54. The predicted molar refractivity (Wildman–Crippen MR) is 62.9 cm³/mol. The van der Waals surface area contributed by atoms with Crippen molar-refractivity contribution < 1.29 is 0 Å². The van der Waals surface area contributed by atoms with Crippen LogP contribution < -0.4 is 5.32 Å². The second kappa shape index (κ2) is 4.50. The van der Waals surface area contributed by atoms with E-state index < -0.39 is 0 Å². The van der Waals surface area contributed by atoms with Gasteiger partial charge in [-0.2, -0.15) is 4.98 Å². The molecule has 0 aromatic carbocycles. The first-order chi connectivity index (χ1) is 6.92. The molecule has 0 saturated carbocycles. The Morgan fingerprint density at radius 3 is 2.60 bits per heavy atom. The normalized spacial score (nSPS) is 10.5. The summed E-state index contributed by atoms with van der Waals surface area (Å²) in [4.78, 5) is 7.93. The summed E-state index contributed by atoms with van der Waals surface area (Å²) in [6, 6.07) is 0.